The van der Waals surface area contributed by atoms with E-state index in [4.69, 9.17) is 4.74 Å². The molecule has 0 aromatic carbocycles. The molecule has 0 unspecified atom stereocenters. The van der Waals surface area contributed by atoms with Crippen LogP contribution in [0.1, 0.15) is 53.3 Å². The maximum Gasteiger partial charge on any atom is 0.408 e. The molecule has 1 fully saturated rings. The number of ketones is 1. The molecule has 0 saturated carbocycles. The predicted octanol–water partition coefficient (Wildman–Crippen LogP) is 3.05. The highest BCUT2D eigenvalue weighted by molar-refractivity contribution is 5.96. The first-order valence-electron chi connectivity index (χ1n) is 9.18. The smallest absolute Gasteiger partial charge is 0.369 e. The van der Waals surface area contributed by atoms with Crippen molar-refractivity contribution < 1.29 is 22.7 Å². The predicted molar refractivity (Wildman–Crippen MR) is 96.2 cm³/mol. The van der Waals surface area contributed by atoms with Crippen LogP contribution in [0.2, 0.25) is 0 Å². The van der Waals surface area contributed by atoms with Crippen molar-refractivity contribution in [1.82, 2.24) is 20.1 Å². The minimum absolute atomic E-state index is 0.0371. The van der Waals surface area contributed by atoms with E-state index in [1.54, 1.807) is 18.3 Å². The van der Waals surface area contributed by atoms with E-state index in [1.807, 2.05) is 13.8 Å². The first-order chi connectivity index (χ1) is 13.2. The number of carbonyl (C=O) groups excluding carboxylic acids is 1. The molecule has 1 saturated heterocycles. The Bertz CT molecular complexity index is 810. The number of hydrogen-bond acceptors (Lipinski definition) is 5. The summed E-state index contributed by atoms with van der Waals surface area (Å²) in [5.41, 5.74) is 1.81. The summed E-state index contributed by atoms with van der Waals surface area (Å²) in [5, 5.41) is 7.19. The maximum absolute atomic E-state index is 12.8. The van der Waals surface area contributed by atoms with Gasteiger partial charge < -0.3 is 10.1 Å². The van der Waals surface area contributed by atoms with E-state index in [9.17, 15) is 18.0 Å². The number of carbonyl (C=O) groups is 1. The summed E-state index contributed by atoms with van der Waals surface area (Å²) in [7, 11) is 0. The second-order valence-corrected chi connectivity index (χ2v) is 7.14. The number of morpholine rings is 1. The van der Waals surface area contributed by atoms with E-state index in [1.165, 1.54) is 6.07 Å². The van der Waals surface area contributed by atoms with Crippen molar-refractivity contribution in [2.75, 3.05) is 19.7 Å². The van der Waals surface area contributed by atoms with Crippen molar-refractivity contribution in [3.63, 3.8) is 0 Å². The number of pyridine rings is 1. The molecule has 1 atom stereocenters. The molecular weight excluding hydrogens is 373 g/mol. The number of Topliss-reactive ketones (excluding diaryl/α,β-unsaturated/α-hetero) is 1. The Balaban J connectivity index is 1.75. The Kier molecular flexibility index (Phi) is 6.14. The average Bonchev–Trinajstić information content (AvgIpc) is 3.05. The van der Waals surface area contributed by atoms with Gasteiger partial charge in [-0.2, -0.15) is 18.3 Å². The monoisotopic (exact) mass is 396 g/mol. The van der Waals surface area contributed by atoms with E-state index in [-0.39, 0.29) is 24.1 Å². The van der Waals surface area contributed by atoms with Gasteiger partial charge in [0.2, 0.25) is 0 Å². The van der Waals surface area contributed by atoms with Gasteiger partial charge in [-0.15, -0.1) is 0 Å². The highest BCUT2D eigenvalue weighted by Gasteiger charge is 2.31. The zero-order chi connectivity index (χ0) is 20.3. The lowest BCUT2D eigenvalue weighted by atomic mass is 10.1. The Labute approximate surface area is 161 Å². The van der Waals surface area contributed by atoms with Crippen LogP contribution in [0.15, 0.2) is 24.4 Å². The molecule has 0 radical (unpaired) electrons. The fraction of sp³-hybridized carbons (Fsp3) is 0.526. The molecule has 1 aliphatic heterocycles. The molecule has 28 heavy (non-hydrogen) atoms. The Morgan fingerprint density at radius 3 is 2.75 bits per heavy atom. The van der Waals surface area contributed by atoms with Crippen molar-refractivity contribution in [3.05, 3.63) is 47.0 Å². The van der Waals surface area contributed by atoms with Gasteiger partial charge in [0.25, 0.3) is 0 Å². The summed E-state index contributed by atoms with van der Waals surface area (Å²) in [4.78, 5) is 17.0. The van der Waals surface area contributed by atoms with E-state index in [0.717, 1.165) is 16.9 Å². The quantitative estimate of drug-likeness (QED) is 0.760. The normalized spacial score (nSPS) is 17.9. The van der Waals surface area contributed by atoms with Crippen LogP contribution >= 0.6 is 0 Å². The van der Waals surface area contributed by atoms with Crippen LogP contribution in [0.5, 0.6) is 0 Å². The Morgan fingerprint density at radius 1 is 1.39 bits per heavy atom. The minimum atomic E-state index is -4.45. The summed E-state index contributed by atoms with van der Waals surface area (Å²) in [5.74, 6) is -0.500. The first kappa shape index (κ1) is 20.5. The van der Waals surface area contributed by atoms with E-state index >= 15 is 0 Å². The van der Waals surface area contributed by atoms with Crippen molar-refractivity contribution in [2.45, 2.75) is 45.0 Å². The SMILES string of the molecule is CC(C)c1cc(C(=O)Cc2ccc([C@@H]3CNCCO3)nc2)n(CC(F)(F)F)n1. The van der Waals surface area contributed by atoms with Crippen molar-refractivity contribution in [2.24, 2.45) is 0 Å². The average molecular weight is 396 g/mol. The number of rotatable bonds is 6. The molecule has 1 N–H and O–H groups in total. The van der Waals surface area contributed by atoms with E-state index in [2.05, 4.69) is 15.4 Å². The number of halogens is 3. The van der Waals surface area contributed by atoms with E-state index < -0.39 is 18.5 Å². The molecule has 1 aliphatic rings. The zero-order valence-corrected chi connectivity index (χ0v) is 15.8. The highest BCUT2D eigenvalue weighted by atomic mass is 19.4. The lowest BCUT2D eigenvalue weighted by Gasteiger charge is -2.23. The van der Waals surface area contributed by atoms with Gasteiger partial charge in [0.1, 0.15) is 18.3 Å². The summed E-state index contributed by atoms with van der Waals surface area (Å²) < 4.78 is 44.9. The van der Waals surface area contributed by atoms with Gasteiger partial charge in [0.15, 0.2) is 5.78 Å². The highest BCUT2D eigenvalue weighted by Crippen LogP contribution is 2.22. The molecule has 3 heterocycles. The maximum atomic E-state index is 12.8. The molecule has 0 aliphatic carbocycles. The van der Waals surface area contributed by atoms with Crippen molar-refractivity contribution in [1.29, 1.82) is 0 Å². The topological polar surface area (TPSA) is 69.0 Å². The summed E-state index contributed by atoms with van der Waals surface area (Å²) in [6.45, 7) is 4.42. The lowest BCUT2D eigenvalue weighted by molar-refractivity contribution is -0.142. The summed E-state index contributed by atoms with van der Waals surface area (Å²) in [6.07, 6.45) is -3.07. The van der Waals surface area contributed by atoms with Crippen LogP contribution in [0, 0.1) is 0 Å². The van der Waals surface area contributed by atoms with Crippen LogP contribution in [-0.4, -0.2) is 46.4 Å². The third kappa shape index (κ3) is 5.17. The number of nitrogens with one attached hydrogen (secondary N) is 1. The number of alkyl halides is 3. The molecule has 0 spiro atoms. The molecular formula is C19H23F3N4O2. The number of ether oxygens (including phenoxy) is 1. The molecule has 3 rings (SSSR count). The van der Waals surface area contributed by atoms with Crippen LogP contribution in [0.4, 0.5) is 13.2 Å². The standard InChI is InChI=1S/C19H23F3N4O2/c1-12(2)15-8-16(26(25-15)11-19(20,21)22)17(27)7-13-3-4-14(24-9-13)18-10-23-5-6-28-18/h3-4,8-9,12,18,23H,5-7,10-11H2,1-2H3/t18-/m0/s1. The Morgan fingerprint density at radius 2 is 2.18 bits per heavy atom. The summed E-state index contributed by atoms with van der Waals surface area (Å²) in [6, 6.07) is 4.99. The van der Waals surface area contributed by atoms with Gasteiger partial charge in [-0.1, -0.05) is 19.9 Å². The number of aromatic nitrogens is 3. The molecule has 9 heteroatoms. The Hall–Kier alpha value is -2.26. The first-order valence-corrected chi connectivity index (χ1v) is 9.18. The van der Waals surface area contributed by atoms with Crippen molar-refractivity contribution in [3.8, 4) is 0 Å². The molecule has 2 aromatic rings. The minimum Gasteiger partial charge on any atom is -0.369 e. The second-order valence-electron chi connectivity index (χ2n) is 7.14. The van der Waals surface area contributed by atoms with Crippen LogP contribution in [0.25, 0.3) is 0 Å². The van der Waals surface area contributed by atoms with Gasteiger partial charge in [0, 0.05) is 25.7 Å². The fourth-order valence-electron chi connectivity index (χ4n) is 3.00. The van der Waals surface area contributed by atoms with Gasteiger partial charge in [-0.3, -0.25) is 14.5 Å². The molecule has 6 nitrogen and oxygen atoms in total. The van der Waals surface area contributed by atoms with Gasteiger partial charge in [-0.25, -0.2) is 0 Å². The van der Waals surface area contributed by atoms with E-state index in [0.29, 0.717) is 24.4 Å². The van der Waals surface area contributed by atoms with Crippen LogP contribution in [0.3, 0.4) is 0 Å². The van der Waals surface area contributed by atoms with Crippen LogP contribution < -0.4 is 5.32 Å². The van der Waals surface area contributed by atoms with Crippen molar-refractivity contribution >= 4 is 5.78 Å². The molecule has 0 amide bonds. The molecule has 2 aromatic heterocycles. The third-order valence-corrected chi connectivity index (χ3v) is 4.47. The third-order valence-electron chi connectivity index (χ3n) is 4.47. The van der Waals surface area contributed by atoms with Crippen LogP contribution in [-0.2, 0) is 17.7 Å². The van der Waals surface area contributed by atoms with Gasteiger partial charge >= 0.3 is 6.18 Å². The largest absolute Gasteiger partial charge is 0.408 e. The van der Waals surface area contributed by atoms with Gasteiger partial charge in [-0.05, 0) is 23.6 Å². The second kappa shape index (κ2) is 8.40. The van der Waals surface area contributed by atoms with Gasteiger partial charge in [0.05, 0.1) is 18.0 Å². The zero-order valence-electron chi connectivity index (χ0n) is 15.8. The molecule has 152 valence electrons. The lowest BCUT2D eigenvalue weighted by Crippen LogP contribution is -2.33. The summed E-state index contributed by atoms with van der Waals surface area (Å²) >= 11 is 0. The number of nitrogens with zero attached hydrogens (tertiary/aromatic N) is 3. The number of hydrogen-bond donors (Lipinski definition) is 1. The fourth-order valence-corrected chi connectivity index (χ4v) is 3.00. The molecule has 0 bridgehead atoms.